The Hall–Kier alpha value is -0.220. The second kappa shape index (κ2) is 4.72. The Labute approximate surface area is 76.7 Å². The van der Waals surface area contributed by atoms with Gasteiger partial charge in [0, 0.05) is 5.75 Å². The van der Waals surface area contributed by atoms with Crippen molar-refractivity contribution in [1.82, 2.24) is 0 Å². The Morgan fingerprint density at radius 3 is 2.83 bits per heavy atom. The Bertz CT molecular complexity index is 159. The SMILES string of the molecule is N[C@@H](CSCCC1CC1)C(=O)O. The molecule has 0 saturated heterocycles. The van der Waals surface area contributed by atoms with Gasteiger partial charge in [-0.25, -0.2) is 0 Å². The molecule has 0 aliphatic heterocycles. The van der Waals surface area contributed by atoms with Gasteiger partial charge < -0.3 is 10.8 Å². The number of carboxylic acid groups (broad SMARTS) is 1. The molecule has 70 valence electrons. The summed E-state index contributed by atoms with van der Waals surface area (Å²) in [7, 11) is 0. The molecule has 12 heavy (non-hydrogen) atoms. The number of hydrogen-bond acceptors (Lipinski definition) is 3. The van der Waals surface area contributed by atoms with E-state index in [-0.39, 0.29) is 0 Å². The highest BCUT2D eigenvalue weighted by molar-refractivity contribution is 7.99. The van der Waals surface area contributed by atoms with Crippen LogP contribution in [-0.2, 0) is 4.79 Å². The Morgan fingerprint density at radius 2 is 2.33 bits per heavy atom. The predicted molar refractivity (Wildman–Crippen MR) is 50.3 cm³/mol. The lowest BCUT2D eigenvalue weighted by molar-refractivity contribution is -0.137. The van der Waals surface area contributed by atoms with E-state index in [1.807, 2.05) is 0 Å². The van der Waals surface area contributed by atoms with Crippen molar-refractivity contribution in [3.63, 3.8) is 0 Å². The Balaban J connectivity index is 1.89. The van der Waals surface area contributed by atoms with Gasteiger partial charge in [-0.15, -0.1) is 0 Å². The predicted octanol–water partition coefficient (Wildman–Crippen LogP) is 0.932. The first kappa shape index (κ1) is 9.86. The highest BCUT2D eigenvalue weighted by Crippen LogP contribution is 2.33. The zero-order valence-corrected chi connectivity index (χ0v) is 7.85. The fourth-order valence-electron chi connectivity index (χ4n) is 0.938. The standard InChI is InChI=1S/C8H15NO2S/c9-7(8(10)11)5-12-4-3-6-1-2-6/h6-7H,1-5,9H2,(H,10,11)/t7-/m0/s1. The van der Waals surface area contributed by atoms with Crippen molar-refractivity contribution in [1.29, 1.82) is 0 Å². The van der Waals surface area contributed by atoms with E-state index in [0.717, 1.165) is 11.7 Å². The van der Waals surface area contributed by atoms with Crippen molar-refractivity contribution in [3.05, 3.63) is 0 Å². The van der Waals surface area contributed by atoms with Crippen molar-refractivity contribution in [2.75, 3.05) is 11.5 Å². The Morgan fingerprint density at radius 1 is 1.67 bits per heavy atom. The smallest absolute Gasteiger partial charge is 0.321 e. The van der Waals surface area contributed by atoms with Gasteiger partial charge in [0.2, 0.25) is 0 Å². The third-order valence-electron chi connectivity index (χ3n) is 1.98. The van der Waals surface area contributed by atoms with Crippen LogP contribution in [0.15, 0.2) is 0 Å². The molecule has 0 radical (unpaired) electrons. The van der Waals surface area contributed by atoms with Crippen LogP contribution in [-0.4, -0.2) is 28.6 Å². The molecule has 1 aliphatic carbocycles. The number of thioether (sulfide) groups is 1. The molecule has 0 unspecified atom stereocenters. The van der Waals surface area contributed by atoms with Gasteiger partial charge in [0.15, 0.2) is 0 Å². The maximum Gasteiger partial charge on any atom is 0.321 e. The molecule has 0 aromatic rings. The highest BCUT2D eigenvalue weighted by Gasteiger charge is 2.20. The van der Waals surface area contributed by atoms with Crippen molar-refractivity contribution < 1.29 is 9.90 Å². The maximum atomic E-state index is 10.3. The molecule has 0 amide bonds. The molecule has 0 heterocycles. The largest absolute Gasteiger partial charge is 0.480 e. The molecule has 1 rings (SSSR count). The molecule has 0 spiro atoms. The number of aliphatic carboxylic acids is 1. The number of nitrogens with two attached hydrogens (primary N) is 1. The van der Waals surface area contributed by atoms with E-state index in [2.05, 4.69) is 0 Å². The first-order valence-electron chi connectivity index (χ1n) is 4.26. The molecule has 4 heteroatoms. The van der Waals surface area contributed by atoms with Gasteiger partial charge in [0.1, 0.15) is 6.04 Å². The Kier molecular flexibility index (Phi) is 3.88. The second-order valence-electron chi connectivity index (χ2n) is 3.25. The van der Waals surface area contributed by atoms with Crippen LogP contribution in [0.1, 0.15) is 19.3 Å². The number of hydrogen-bond donors (Lipinski definition) is 2. The second-order valence-corrected chi connectivity index (χ2v) is 4.40. The lowest BCUT2D eigenvalue weighted by Crippen LogP contribution is -2.32. The molecule has 0 aromatic carbocycles. The lowest BCUT2D eigenvalue weighted by atomic mass is 10.3. The number of carbonyl (C=O) groups is 1. The van der Waals surface area contributed by atoms with E-state index in [4.69, 9.17) is 10.8 Å². The van der Waals surface area contributed by atoms with E-state index in [9.17, 15) is 4.79 Å². The van der Waals surface area contributed by atoms with Crippen LogP contribution in [0.5, 0.6) is 0 Å². The van der Waals surface area contributed by atoms with Gasteiger partial charge >= 0.3 is 5.97 Å². The number of carboxylic acids is 1. The summed E-state index contributed by atoms with van der Waals surface area (Å²) in [6, 6.07) is -0.686. The zero-order chi connectivity index (χ0) is 8.97. The van der Waals surface area contributed by atoms with Gasteiger partial charge in [-0.05, 0) is 18.1 Å². The number of rotatable bonds is 6. The van der Waals surface area contributed by atoms with E-state index < -0.39 is 12.0 Å². The van der Waals surface area contributed by atoms with E-state index >= 15 is 0 Å². The fourth-order valence-corrected chi connectivity index (χ4v) is 2.00. The molecule has 0 bridgehead atoms. The molecule has 3 nitrogen and oxygen atoms in total. The molecule has 1 fully saturated rings. The van der Waals surface area contributed by atoms with Gasteiger partial charge in [-0.3, -0.25) is 4.79 Å². The third-order valence-corrected chi connectivity index (χ3v) is 3.10. The minimum atomic E-state index is -0.895. The quantitative estimate of drug-likeness (QED) is 0.610. The summed E-state index contributed by atoms with van der Waals surface area (Å²) >= 11 is 1.65. The minimum Gasteiger partial charge on any atom is -0.480 e. The monoisotopic (exact) mass is 189 g/mol. The fraction of sp³-hybridized carbons (Fsp3) is 0.875. The van der Waals surface area contributed by atoms with Crippen LogP contribution in [0.2, 0.25) is 0 Å². The summed E-state index contributed by atoms with van der Waals surface area (Å²) in [6.07, 6.45) is 3.97. The van der Waals surface area contributed by atoms with Gasteiger partial charge in [0.05, 0.1) is 0 Å². The summed E-state index contributed by atoms with van der Waals surface area (Å²) in [5.41, 5.74) is 5.33. The summed E-state index contributed by atoms with van der Waals surface area (Å²) in [5, 5.41) is 8.46. The molecule has 3 N–H and O–H groups in total. The van der Waals surface area contributed by atoms with Crippen molar-refractivity contribution in [2.45, 2.75) is 25.3 Å². The van der Waals surface area contributed by atoms with Crippen LogP contribution in [0.4, 0.5) is 0 Å². The van der Waals surface area contributed by atoms with Crippen LogP contribution < -0.4 is 5.73 Å². The summed E-state index contributed by atoms with van der Waals surface area (Å²) in [4.78, 5) is 10.3. The van der Waals surface area contributed by atoms with Crippen LogP contribution in [0.25, 0.3) is 0 Å². The molecular formula is C8H15NO2S. The minimum absolute atomic E-state index is 0.544. The van der Waals surface area contributed by atoms with Crippen molar-refractivity contribution in [2.24, 2.45) is 11.7 Å². The van der Waals surface area contributed by atoms with Gasteiger partial charge in [-0.2, -0.15) is 11.8 Å². The van der Waals surface area contributed by atoms with Gasteiger partial charge in [-0.1, -0.05) is 12.8 Å². The first-order chi connectivity index (χ1) is 5.70. The summed E-state index contributed by atoms with van der Waals surface area (Å²) in [5.74, 6) is 1.64. The third kappa shape index (κ3) is 3.97. The van der Waals surface area contributed by atoms with Crippen LogP contribution in [0.3, 0.4) is 0 Å². The van der Waals surface area contributed by atoms with E-state index in [1.165, 1.54) is 19.3 Å². The summed E-state index contributed by atoms with van der Waals surface area (Å²) < 4.78 is 0. The average molecular weight is 189 g/mol. The van der Waals surface area contributed by atoms with Crippen molar-refractivity contribution >= 4 is 17.7 Å². The van der Waals surface area contributed by atoms with E-state index in [0.29, 0.717) is 5.75 Å². The van der Waals surface area contributed by atoms with Crippen LogP contribution >= 0.6 is 11.8 Å². The normalized spacial score (nSPS) is 19.1. The lowest BCUT2D eigenvalue weighted by Gasteiger charge is -2.04. The highest BCUT2D eigenvalue weighted by atomic mass is 32.2. The van der Waals surface area contributed by atoms with Crippen molar-refractivity contribution in [3.8, 4) is 0 Å². The molecular weight excluding hydrogens is 174 g/mol. The first-order valence-corrected chi connectivity index (χ1v) is 5.41. The summed E-state index contributed by atoms with van der Waals surface area (Å²) in [6.45, 7) is 0. The molecule has 1 atom stereocenters. The topological polar surface area (TPSA) is 63.3 Å². The molecule has 1 saturated carbocycles. The zero-order valence-electron chi connectivity index (χ0n) is 7.03. The molecule has 0 aromatic heterocycles. The van der Waals surface area contributed by atoms with E-state index in [1.54, 1.807) is 11.8 Å². The average Bonchev–Trinajstić information content (AvgIpc) is 2.80. The molecule has 1 aliphatic rings. The van der Waals surface area contributed by atoms with Crippen LogP contribution in [0, 0.1) is 5.92 Å². The van der Waals surface area contributed by atoms with Gasteiger partial charge in [0.25, 0.3) is 0 Å². The maximum absolute atomic E-state index is 10.3.